The van der Waals surface area contributed by atoms with Gasteiger partial charge in [-0.15, -0.1) is 0 Å². The molecule has 240 valence electrons. The Labute approximate surface area is 256 Å². The molecule has 15 heteroatoms. The highest BCUT2D eigenvalue weighted by molar-refractivity contribution is 5.85. The molecule has 0 saturated carbocycles. The molecule has 4 aromatic rings. The number of aromatic nitrogens is 5. The summed E-state index contributed by atoms with van der Waals surface area (Å²) in [5.41, 5.74) is 2.71. The van der Waals surface area contributed by atoms with E-state index in [-0.39, 0.29) is 29.8 Å². The van der Waals surface area contributed by atoms with Crippen molar-refractivity contribution in [3.63, 3.8) is 0 Å². The highest BCUT2D eigenvalue weighted by Crippen LogP contribution is 2.38. The summed E-state index contributed by atoms with van der Waals surface area (Å²) in [6, 6.07) is 6.23. The number of nitrogens with one attached hydrogen (secondary N) is 1. The van der Waals surface area contributed by atoms with Crippen LogP contribution in [-0.4, -0.2) is 67.3 Å². The first-order valence-corrected chi connectivity index (χ1v) is 14.8. The van der Waals surface area contributed by atoms with Gasteiger partial charge in [-0.05, 0) is 63.4 Å². The molecule has 2 aliphatic rings. The first-order valence-electron chi connectivity index (χ1n) is 14.8. The number of benzene rings is 1. The predicted octanol–water partition coefficient (Wildman–Crippen LogP) is 4.98. The summed E-state index contributed by atoms with van der Waals surface area (Å²) in [4.78, 5) is 22.0. The second-order valence-electron chi connectivity index (χ2n) is 11.7. The molecule has 0 spiro atoms. The average molecular weight is 632 g/mol. The van der Waals surface area contributed by atoms with Gasteiger partial charge in [0, 0.05) is 31.8 Å². The molecule has 1 aromatic carbocycles. The topological polar surface area (TPSA) is 110 Å². The molecular weight excluding hydrogens is 597 g/mol. The number of fused-ring (bicyclic) bond motifs is 1. The standard InChI is InChI=1S/C30H34F5N9O/c1-16-14-43(27-24-28(40-29(39-27)41-36)44(18(3)37-24)15-21-5-4-12-45-21)17(2)13-42(16)25(19-6-8-20(31)9-7-19)23-11-10-22(32)26(38-23)30(33,34)35/h6-11,16-17,21,25H,4-5,12-15,36H2,1-3H3,(H,39,40,41)/t16-,17+,21+,25?/m1/s1. The fourth-order valence-electron chi connectivity index (χ4n) is 6.36. The summed E-state index contributed by atoms with van der Waals surface area (Å²) >= 11 is 0. The van der Waals surface area contributed by atoms with Crippen molar-refractivity contribution in [2.24, 2.45) is 5.84 Å². The molecule has 3 N–H and O–H groups in total. The Morgan fingerprint density at radius 2 is 1.76 bits per heavy atom. The van der Waals surface area contributed by atoms with Gasteiger partial charge in [0.2, 0.25) is 5.95 Å². The number of anilines is 2. The number of ether oxygens (including phenoxy) is 1. The molecule has 2 saturated heterocycles. The van der Waals surface area contributed by atoms with Crippen molar-refractivity contribution in [2.45, 2.75) is 70.6 Å². The van der Waals surface area contributed by atoms with Crippen LogP contribution in [-0.2, 0) is 17.5 Å². The van der Waals surface area contributed by atoms with E-state index in [9.17, 15) is 22.0 Å². The zero-order valence-electron chi connectivity index (χ0n) is 25.0. The van der Waals surface area contributed by atoms with E-state index in [1.807, 2.05) is 30.2 Å². The number of rotatable bonds is 7. The van der Waals surface area contributed by atoms with Crippen LogP contribution in [0.3, 0.4) is 0 Å². The highest BCUT2D eigenvalue weighted by atomic mass is 19.4. The Bertz CT molecular complexity index is 1670. The number of piperazine rings is 1. The van der Waals surface area contributed by atoms with Crippen molar-refractivity contribution in [1.82, 2.24) is 29.4 Å². The second-order valence-corrected chi connectivity index (χ2v) is 11.7. The SMILES string of the molecule is Cc1nc2c(N3C[C@@H](C)N(C(c4ccc(F)cc4)c4ccc(F)c(C(F)(F)F)n4)C[C@@H]3C)nc(NN)nc2n1C[C@@H]1CCCO1. The van der Waals surface area contributed by atoms with E-state index in [1.165, 1.54) is 30.3 Å². The zero-order chi connectivity index (χ0) is 32.0. The minimum Gasteiger partial charge on any atom is -0.376 e. The molecule has 2 aliphatic heterocycles. The van der Waals surface area contributed by atoms with E-state index in [1.54, 1.807) is 0 Å². The molecule has 0 bridgehead atoms. The lowest BCUT2D eigenvalue weighted by Gasteiger charge is -2.47. The minimum atomic E-state index is -4.98. The third-order valence-corrected chi connectivity index (χ3v) is 8.55. The van der Waals surface area contributed by atoms with Crippen LogP contribution in [0.1, 0.15) is 55.5 Å². The number of pyridine rings is 1. The van der Waals surface area contributed by atoms with Crippen LogP contribution >= 0.6 is 0 Å². The molecule has 45 heavy (non-hydrogen) atoms. The number of hydrogen-bond acceptors (Lipinski definition) is 9. The van der Waals surface area contributed by atoms with Crippen molar-refractivity contribution in [3.05, 3.63) is 70.8 Å². The lowest BCUT2D eigenvalue weighted by molar-refractivity contribution is -0.143. The van der Waals surface area contributed by atoms with E-state index in [4.69, 9.17) is 20.5 Å². The van der Waals surface area contributed by atoms with E-state index >= 15 is 0 Å². The van der Waals surface area contributed by atoms with E-state index < -0.39 is 29.5 Å². The molecule has 10 nitrogen and oxygen atoms in total. The predicted molar refractivity (Wildman–Crippen MR) is 157 cm³/mol. The van der Waals surface area contributed by atoms with Crippen molar-refractivity contribution < 1.29 is 26.7 Å². The fraction of sp³-hybridized carbons (Fsp3) is 0.467. The maximum Gasteiger partial charge on any atom is 0.436 e. The van der Waals surface area contributed by atoms with Crippen LogP contribution < -0.4 is 16.2 Å². The number of hydrazine groups is 1. The molecule has 3 aromatic heterocycles. The van der Waals surface area contributed by atoms with Crippen LogP contribution in [0, 0.1) is 18.6 Å². The number of halogens is 5. The molecule has 1 unspecified atom stereocenters. The number of nitrogens with two attached hydrogens (primary N) is 1. The van der Waals surface area contributed by atoms with Gasteiger partial charge in [0.25, 0.3) is 0 Å². The zero-order valence-corrected chi connectivity index (χ0v) is 25.0. The highest BCUT2D eigenvalue weighted by Gasteiger charge is 2.40. The van der Waals surface area contributed by atoms with E-state index in [0.29, 0.717) is 42.2 Å². The normalized spacial score (nSPS) is 21.9. The van der Waals surface area contributed by atoms with Gasteiger partial charge in [-0.25, -0.2) is 24.6 Å². The Hall–Kier alpha value is -3.95. The number of alkyl halides is 3. The summed E-state index contributed by atoms with van der Waals surface area (Å²) < 4.78 is 77.1. The first-order chi connectivity index (χ1) is 21.4. The van der Waals surface area contributed by atoms with Gasteiger partial charge < -0.3 is 14.2 Å². The van der Waals surface area contributed by atoms with Crippen LogP contribution in [0.5, 0.6) is 0 Å². The quantitative estimate of drug-likeness (QED) is 0.166. The van der Waals surface area contributed by atoms with Crippen LogP contribution in [0.2, 0.25) is 0 Å². The summed E-state index contributed by atoms with van der Waals surface area (Å²) in [5, 5.41) is 0. The molecule has 0 radical (unpaired) electrons. The van der Waals surface area contributed by atoms with Gasteiger partial charge in [-0.1, -0.05) is 12.1 Å². The first kappa shape index (κ1) is 31.0. The average Bonchev–Trinajstić information content (AvgIpc) is 3.63. The minimum absolute atomic E-state index is 0.00498. The van der Waals surface area contributed by atoms with Crippen molar-refractivity contribution in [2.75, 3.05) is 30.0 Å². The van der Waals surface area contributed by atoms with Gasteiger partial charge in [-0.3, -0.25) is 10.3 Å². The summed E-state index contributed by atoms with van der Waals surface area (Å²) in [7, 11) is 0. The van der Waals surface area contributed by atoms with Crippen LogP contribution in [0.25, 0.3) is 11.2 Å². The molecule has 0 aliphatic carbocycles. The maximum atomic E-state index is 14.2. The van der Waals surface area contributed by atoms with Crippen LogP contribution in [0.15, 0.2) is 36.4 Å². The van der Waals surface area contributed by atoms with Crippen molar-refractivity contribution in [3.8, 4) is 0 Å². The van der Waals surface area contributed by atoms with Gasteiger partial charge in [0.15, 0.2) is 28.5 Å². The van der Waals surface area contributed by atoms with Gasteiger partial charge in [0.05, 0.1) is 24.4 Å². The molecule has 6 rings (SSSR count). The van der Waals surface area contributed by atoms with Gasteiger partial charge in [-0.2, -0.15) is 23.1 Å². The third kappa shape index (κ3) is 6.03. The lowest BCUT2D eigenvalue weighted by atomic mass is 9.96. The van der Waals surface area contributed by atoms with E-state index in [0.717, 1.165) is 31.3 Å². The Morgan fingerprint density at radius 3 is 2.42 bits per heavy atom. The number of imidazole rings is 1. The number of nitrogen functional groups attached to an aromatic ring is 1. The monoisotopic (exact) mass is 631 g/mol. The number of nitrogens with zero attached hydrogens (tertiary/aromatic N) is 7. The van der Waals surface area contributed by atoms with Crippen molar-refractivity contribution in [1.29, 1.82) is 0 Å². The Balaban J connectivity index is 1.37. The molecule has 0 amide bonds. The van der Waals surface area contributed by atoms with Crippen LogP contribution in [0.4, 0.5) is 33.7 Å². The van der Waals surface area contributed by atoms with Gasteiger partial charge >= 0.3 is 6.18 Å². The van der Waals surface area contributed by atoms with E-state index in [2.05, 4.69) is 20.3 Å². The summed E-state index contributed by atoms with van der Waals surface area (Å²) in [6.45, 7) is 7.88. The third-order valence-electron chi connectivity index (χ3n) is 8.55. The Morgan fingerprint density at radius 1 is 1.00 bits per heavy atom. The smallest absolute Gasteiger partial charge is 0.376 e. The van der Waals surface area contributed by atoms with Gasteiger partial charge in [0.1, 0.15) is 11.6 Å². The molecule has 2 fully saturated rings. The number of aryl methyl sites for hydroxylation is 1. The fourth-order valence-corrected chi connectivity index (χ4v) is 6.36. The maximum absolute atomic E-state index is 14.2. The second kappa shape index (κ2) is 12.1. The molecule has 5 heterocycles. The van der Waals surface area contributed by atoms with Crippen molar-refractivity contribution >= 4 is 22.9 Å². The lowest BCUT2D eigenvalue weighted by Crippen LogP contribution is -2.58. The summed E-state index contributed by atoms with van der Waals surface area (Å²) in [5.74, 6) is 5.37. The molecular formula is C30H34F5N9O. The summed E-state index contributed by atoms with van der Waals surface area (Å²) in [6.07, 6.45) is -2.99. The largest absolute Gasteiger partial charge is 0.436 e. The number of hydrogen-bond donors (Lipinski definition) is 2. The molecule has 4 atom stereocenters. The Kier molecular flexibility index (Phi) is 8.35.